The minimum atomic E-state index is -4.76. The number of hydrogen-bond donors (Lipinski definition) is 2. The Morgan fingerprint density at radius 1 is 1.41 bits per heavy atom. The molecule has 1 saturated heterocycles. The predicted molar refractivity (Wildman–Crippen MR) is 103 cm³/mol. The van der Waals surface area contributed by atoms with Crippen molar-refractivity contribution in [1.29, 1.82) is 5.26 Å². The summed E-state index contributed by atoms with van der Waals surface area (Å²) in [5.41, 5.74) is -0.120. The number of hydrogen-bond acceptors (Lipinski definition) is 4. The minimum Gasteiger partial charge on any atom is -0.367 e. The number of aromatic amines is 1. The van der Waals surface area contributed by atoms with E-state index in [4.69, 9.17) is 0 Å². The van der Waals surface area contributed by atoms with Crippen LogP contribution in [0.4, 0.5) is 18.9 Å². The molecule has 2 aromatic rings. The number of nitrogens with one attached hydrogen (secondary N) is 2. The summed E-state index contributed by atoms with van der Waals surface area (Å²) in [7, 11) is 0. The van der Waals surface area contributed by atoms with E-state index < -0.39 is 28.8 Å². The Hall–Kier alpha value is -2.76. The number of carbonyl (C=O) groups is 1. The van der Waals surface area contributed by atoms with E-state index in [2.05, 4.69) is 15.3 Å². The monoisotopic (exact) mass is 407 g/mol. The van der Waals surface area contributed by atoms with Gasteiger partial charge in [-0.15, -0.1) is 0 Å². The number of carbonyl (C=O) groups excluding carboxylic acids is 1. The fourth-order valence-electron chi connectivity index (χ4n) is 4.09. The molecule has 1 fully saturated rings. The number of fused-ring (bicyclic) bond motifs is 1. The number of anilines is 1. The van der Waals surface area contributed by atoms with Gasteiger partial charge in [-0.3, -0.25) is 4.79 Å². The maximum absolute atomic E-state index is 13.7. The van der Waals surface area contributed by atoms with Crippen LogP contribution >= 0.6 is 0 Å². The topological polar surface area (TPSA) is 84.8 Å². The molecular formula is C20H24F3N5O. The number of alkyl halides is 3. The third-order valence-corrected chi connectivity index (χ3v) is 5.71. The van der Waals surface area contributed by atoms with Gasteiger partial charge in [-0.05, 0) is 31.7 Å². The summed E-state index contributed by atoms with van der Waals surface area (Å²) in [6.07, 6.45) is -4.76. The number of aryl methyl sites for hydroxylation is 2. The Balaban J connectivity index is 2.25. The fourth-order valence-corrected chi connectivity index (χ4v) is 4.09. The molecule has 0 spiro atoms. The highest BCUT2D eigenvalue weighted by atomic mass is 19.4. The van der Waals surface area contributed by atoms with E-state index in [-0.39, 0.29) is 23.7 Å². The second kappa shape index (κ2) is 6.94. The summed E-state index contributed by atoms with van der Waals surface area (Å²) in [5, 5.41) is 12.4. The second-order valence-corrected chi connectivity index (χ2v) is 8.21. The minimum absolute atomic E-state index is 0.140. The molecule has 3 rings (SSSR count). The molecule has 0 bridgehead atoms. The molecular weight excluding hydrogens is 383 g/mol. The Kier molecular flexibility index (Phi) is 5.01. The molecule has 9 heteroatoms. The van der Waals surface area contributed by atoms with Gasteiger partial charge in [0.2, 0.25) is 5.91 Å². The number of H-pyrrole nitrogens is 1. The van der Waals surface area contributed by atoms with Gasteiger partial charge in [0.25, 0.3) is 0 Å². The van der Waals surface area contributed by atoms with Crippen LogP contribution in [0.1, 0.15) is 43.3 Å². The standard InChI is InChI=1S/C20H24F3N5O/c1-6-25-18(29)13-8-28(9-19(13,4)5)16-12(7-24)17(20(21,22)23)27-14-10(2)11(3)26-15(14)16/h13,26H,6,8-9H2,1-5H3,(H,25,29)/t13-/m1/s1. The number of pyridine rings is 1. The highest BCUT2D eigenvalue weighted by Gasteiger charge is 2.46. The van der Waals surface area contributed by atoms with Crippen LogP contribution in [0.2, 0.25) is 0 Å². The number of aromatic nitrogens is 2. The number of rotatable bonds is 3. The molecule has 29 heavy (non-hydrogen) atoms. The van der Waals surface area contributed by atoms with E-state index in [1.54, 1.807) is 24.8 Å². The molecule has 1 aliphatic rings. The largest absolute Gasteiger partial charge is 0.434 e. The lowest BCUT2D eigenvalue weighted by molar-refractivity contribution is -0.141. The van der Waals surface area contributed by atoms with Crippen LogP contribution in [-0.2, 0) is 11.0 Å². The summed E-state index contributed by atoms with van der Waals surface area (Å²) in [5.74, 6) is -0.553. The first-order valence-electron chi connectivity index (χ1n) is 9.45. The van der Waals surface area contributed by atoms with Gasteiger partial charge in [-0.2, -0.15) is 18.4 Å². The van der Waals surface area contributed by atoms with Crippen molar-refractivity contribution in [2.24, 2.45) is 11.3 Å². The average molecular weight is 407 g/mol. The second-order valence-electron chi connectivity index (χ2n) is 8.21. The molecule has 0 saturated carbocycles. The van der Waals surface area contributed by atoms with Crippen molar-refractivity contribution >= 4 is 22.6 Å². The van der Waals surface area contributed by atoms with Crippen molar-refractivity contribution in [2.75, 3.05) is 24.5 Å². The van der Waals surface area contributed by atoms with Crippen LogP contribution in [0.3, 0.4) is 0 Å². The lowest BCUT2D eigenvalue weighted by Gasteiger charge is -2.25. The van der Waals surface area contributed by atoms with Crippen LogP contribution in [0, 0.1) is 36.5 Å². The van der Waals surface area contributed by atoms with Crippen molar-refractivity contribution < 1.29 is 18.0 Å². The molecule has 1 aliphatic heterocycles. The summed E-state index contributed by atoms with van der Waals surface area (Å²) >= 11 is 0. The maximum atomic E-state index is 13.7. The summed E-state index contributed by atoms with van der Waals surface area (Å²) in [6.45, 7) is 10.1. The van der Waals surface area contributed by atoms with Crippen molar-refractivity contribution in [2.45, 2.75) is 40.8 Å². The van der Waals surface area contributed by atoms with Crippen LogP contribution in [0.25, 0.3) is 11.0 Å². The quantitative estimate of drug-likeness (QED) is 0.813. The Bertz CT molecular complexity index is 1020. The molecule has 156 valence electrons. The number of nitrogens with zero attached hydrogens (tertiary/aromatic N) is 3. The van der Waals surface area contributed by atoms with Gasteiger partial charge < -0.3 is 15.2 Å². The highest BCUT2D eigenvalue weighted by Crippen LogP contribution is 2.44. The van der Waals surface area contributed by atoms with Crippen molar-refractivity contribution in [3.05, 3.63) is 22.5 Å². The summed E-state index contributed by atoms with van der Waals surface area (Å²) in [6, 6.07) is 1.72. The zero-order valence-corrected chi connectivity index (χ0v) is 17.1. The van der Waals surface area contributed by atoms with Crippen molar-refractivity contribution in [3.8, 4) is 6.07 Å². The van der Waals surface area contributed by atoms with E-state index in [9.17, 15) is 23.2 Å². The van der Waals surface area contributed by atoms with E-state index in [1.165, 1.54) is 0 Å². The molecule has 0 aromatic carbocycles. The van der Waals surface area contributed by atoms with Crippen LogP contribution in [0.15, 0.2) is 0 Å². The van der Waals surface area contributed by atoms with Gasteiger partial charge in [-0.25, -0.2) is 4.98 Å². The van der Waals surface area contributed by atoms with Gasteiger partial charge in [0.15, 0.2) is 5.69 Å². The zero-order chi connectivity index (χ0) is 21.7. The zero-order valence-electron chi connectivity index (χ0n) is 17.1. The SMILES string of the molecule is CCNC(=O)[C@H]1CN(c2c(C#N)c(C(F)(F)F)nc3c(C)c(C)[nH]c23)CC1(C)C. The molecule has 0 aliphatic carbocycles. The summed E-state index contributed by atoms with van der Waals surface area (Å²) in [4.78, 5) is 21.2. The van der Waals surface area contributed by atoms with Crippen LogP contribution < -0.4 is 10.2 Å². The maximum Gasteiger partial charge on any atom is 0.434 e. The average Bonchev–Trinajstić information content (AvgIpc) is 3.08. The Morgan fingerprint density at radius 3 is 2.62 bits per heavy atom. The highest BCUT2D eigenvalue weighted by molar-refractivity contribution is 5.96. The molecule has 2 aromatic heterocycles. The number of halogens is 3. The van der Waals surface area contributed by atoms with Crippen LogP contribution in [-0.4, -0.2) is 35.5 Å². The first kappa shape index (κ1) is 21.0. The molecule has 0 radical (unpaired) electrons. The van der Waals surface area contributed by atoms with Crippen molar-refractivity contribution in [1.82, 2.24) is 15.3 Å². The lowest BCUT2D eigenvalue weighted by atomic mass is 9.81. The van der Waals surface area contributed by atoms with E-state index in [1.807, 2.05) is 20.8 Å². The van der Waals surface area contributed by atoms with Gasteiger partial charge in [0.1, 0.15) is 11.6 Å². The molecule has 1 atom stereocenters. The Morgan fingerprint density at radius 2 is 2.07 bits per heavy atom. The smallest absolute Gasteiger partial charge is 0.367 e. The molecule has 2 N–H and O–H groups in total. The predicted octanol–water partition coefficient (Wildman–Crippen LogP) is 3.67. The number of amides is 1. The van der Waals surface area contributed by atoms with E-state index in [0.29, 0.717) is 29.9 Å². The molecule has 0 unspecified atom stereocenters. The molecule has 3 heterocycles. The molecule has 6 nitrogen and oxygen atoms in total. The van der Waals surface area contributed by atoms with E-state index >= 15 is 0 Å². The van der Waals surface area contributed by atoms with E-state index in [0.717, 1.165) is 0 Å². The normalized spacial score (nSPS) is 18.9. The number of nitriles is 1. The fraction of sp³-hybridized carbons (Fsp3) is 0.550. The van der Waals surface area contributed by atoms with Gasteiger partial charge in [-0.1, -0.05) is 13.8 Å². The third kappa shape index (κ3) is 3.41. The lowest BCUT2D eigenvalue weighted by Crippen LogP contribution is -2.38. The van der Waals surface area contributed by atoms with Gasteiger partial charge >= 0.3 is 6.18 Å². The van der Waals surface area contributed by atoms with Gasteiger partial charge in [0, 0.05) is 25.3 Å². The first-order valence-corrected chi connectivity index (χ1v) is 9.45. The Labute approximate surface area is 167 Å². The summed E-state index contributed by atoms with van der Waals surface area (Å²) < 4.78 is 41.2. The molecule has 1 amide bonds. The first-order chi connectivity index (χ1) is 13.4. The third-order valence-electron chi connectivity index (χ3n) is 5.71. The van der Waals surface area contributed by atoms with Gasteiger partial charge in [0.05, 0.1) is 22.6 Å². The van der Waals surface area contributed by atoms with Crippen LogP contribution in [0.5, 0.6) is 0 Å². The van der Waals surface area contributed by atoms with Crippen molar-refractivity contribution in [3.63, 3.8) is 0 Å².